The number of aromatic nitrogens is 2. The monoisotopic (exact) mass is 334 g/mol. The van der Waals surface area contributed by atoms with E-state index >= 15 is 0 Å². The number of ether oxygens (including phenoxy) is 1. The fraction of sp³-hybridized carbons (Fsp3) is 0.706. The number of carbonyl (C=O) groups is 1. The Kier molecular flexibility index (Phi) is 4.35. The standard InChI is InChI=1S/C17H23FN4O2/c18-14-8-19-17(20-9-14)22-6-3-15-12(10-22)7-13(11-24-15)16(23)21-4-1-2-5-21/h8-9,12-13,15H,1-7,10-11H2/t12-,13-,15+/m0/s1. The highest BCUT2D eigenvalue weighted by Crippen LogP contribution is 2.33. The molecule has 0 N–H and O–H groups in total. The van der Waals surface area contributed by atoms with Crippen LogP contribution in [-0.4, -0.2) is 59.7 Å². The Balaban J connectivity index is 1.41. The molecule has 0 radical (unpaired) electrons. The summed E-state index contributed by atoms with van der Waals surface area (Å²) >= 11 is 0. The van der Waals surface area contributed by atoms with Crippen molar-refractivity contribution in [2.75, 3.05) is 37.7 Å². The fourth-order valence-electron chi connectivity index (χ4n) is 4.15. The van der Waals surface area contributed by atoms with Crippen LogP contribution in [0.5, 0.6) is 0 Å². The maximum Gasteiger partial charge on any atom is 0.228 e. The summed E-state index contributed by atoms with van der Waals surface area (Å²) in [5.41, 5.74) is 0. The fourth-order valence-corrected chi connectivity index (χ4v) is 4.15. The van der Waals surface area contributed by atoms with Crippen molar-refractivity contribution in [3.05, 3.63) is 18.2 Å². The maximum absolute atomic E-state index is 13.0. The lowest BCUT2D eigenvalue weighted by atomic mass is 9.83. The number of nitrogens with zero attached hydrogens (tertiary/aromatic N) is 4. The van der Waals surface area contributed by atoms with Crippen LogP contribution < -0.4 is 4.90 Å². The summed E-state index contributed by atoms with van der Waals surface area (Å²) in [6.07, 6.45) is 6.59. The van der Waals surface area contributed by atoms with Gasteiger partial charge in [0.2, 0.25) is 11.9 Å². The molecule has 0 spiro atoms. The second-order valence-corrected chi connectivity index (χ2v) is 7.03. The van der Waals surface area contributed by atoms with Gasteiger partial charge in [0.15, 0.2) is 5.82 Å². The Hall–Kier alpha value is -1.76. The smallest absolute Gasteiger partial charge is 0.228 e. The van der Waals surface area contributed by atoms with Gasteiger partial charge in [-0.05, 0) is 25.7 Å². The molecule has 1 aromatic heterocycles. The lowest BCUT2D eigenvalue weighted by Crippen LogP contribution is -2.51. The van der Waals surface area contributed by atoms with Gasteiger partial charge in [0, 0.05) is 32.1 Å². The van der Waals surface area contributed by atoms with Crippen LogP contribution in [0.2, 0.25) is 0 Å². The minimum atomic E-state index is -0.425. The maximum atomic E-state index is 13.0. The average Bonchev–Trinajstić information content (AvgIpc) is 3.15. The van der Waals surface area contributed by atoms with Crippen LogP contribution in [0.15, 0.2) is 12.4 Å². The molecule has 24 heavy (non-hydrogen) atoms. The van der Waals surface area contributed by atoms with E-state index in [1.54, 1.807) is 0 Å². The predicted molar refractivity (Wildman–Crippen MR) is 86.0 cm³/mol. The van der Waals surface area contributed by atoms with Crippen molar-refractivity contribution in [3.63, 3.8) is 0 Å². The van der Waals surface area contributed by atoms with E-state index in [4.69, 9.17) is 4.74 Å². The molecule has 0 saturated carbocycles. The number of amides is 1. The Bertz CT molecular complexity index is 591. The Morgan fingerprint density at radius 3 is 2.71 bits per heavy atom. The number of fused-ring (bicyclic) bond motifs is 1. The highest BCUT2D eigenvalue weighted by molar-refractivity contribution is 5.79. The summed E-state index contributed by atoms with van der Waals surface area (Å²) < 4.78 is 19.0. The molecule has 4 heterocycles. The number of piperidine rings is 1. The molecule has 3 aliphatic rings. The topological polar surface area (TPSA) is 58.6 Å². The van der Waals surface area contributed by atoms with E-state index in [1.807, 2.05) is 4.90 Å². The molecule has 0 aromatic carbocycles. The van der Waals surface area contributed by atoms with Gasteiger partial charge in [0.1, 0.15) is 0 Å². The molecule has 3 saturated heterocycles. The number of hydrogen-bond acceptors (Lipinski definition) is 5. The first-order valence-electron chi connectivity index (χ1n) is 8.83. The van der Waals surface area contributed by atoms with Crippen molar-refractivity contribution in [1.82, 2.24) is 14.9 Å². The Morgan fingerprint density at radius 2 is 1.96 bits per heavy atom. The molecule has 130 valence electrons. The van der Waals surface area contributed by atoms with E-state index in [-0.39, 0.29) is 17.9 Å². The van der Waals surface area contributed by atoms with Gasteiger partial charge in [-0.2, -0.15) is 0 Å². The molecule has 0 bridgehead atoms. The third-order valence-corrected chi connectivity index (χ3v) is 5.42. The molecule has 3 atom stereocenters. The van der Waals surface area contributed by atoms with Gasteiger partial charge in [0.25, 0.3) is 0 Å². The van der Waals surface area contributed by atoms with E-state index in [1.165, 1.54) is 12.4 Å². The second-order valence-electron chi connectivity index (χ2n) is 7.03. The minimum Gasteiger partial charge on any atom is -0.377 e. The first-order chi connectivity index (χ1) is 11.7. The van der Waals surface area contributed by atoms with Crippen molar-refractivity contribution in [2.24, 2.45) is 11.8 Å². The molecule has 7 heteroatoms. The zero-order chi connectivity index (χ0) is 16.5. The molecular formula is C17H23FN4O2. The van der Waals surface area contributed by atoms with E-state index < -0.39 is 5.82 Å². The lowest BCUT2D eigenvalue weighted by Gasteiger charge is -2.43. The molecule has 3 aliphatic heterocycles. The van der Waals surface area contributed by atoms with E-state index in [2.05, 4.69) is 14.9 Å². The molecular weight excluding hydrogens is 311 g/mol. The van der Waals surface area contributed by atoms with Gasteiger partial charge in [-0.1, -0.05) is 0 Å². The van der Waals surface area contributed by atoms with Crippen molar-refractivity contribution in [2.45, 2.75) is 31.8 Å². The van der Waals surface area contributed by atoms with Crippen LogP contribution >= 0.6 is 0 Å². The van der Waals surface area contributed by atoms with Crippen LogP contribution in [0.3, 0.4) is 0 Å². The van der Waals surface area contributed by atoms with Gasteiger partial charge in [-0.15, -0.1) is 0 Å². The van der Waals surface area contributed by atoms with Gasteiger partial charge in [-0.25, -0.2) is 14.4 Å². The van der Waals surface area contributed by atoms with Gasteiger partial charge >= 0.3 is 0 Å². The van der Waals surface area contributed by atoms with Gasteiger partial charge < -0.3 is 14.5 Å². The van der Waals surface area contributed by atoms with E-state index in [0.717, 1.165) is 51.9 Å². The van der Waals surface area contributed by atoms with Gasteiger partial charge in [0.05, 0.1) is 31.0 Å². The summed E-state index contributed by atoms with van der Waals surface area (Å²) in [6.45, 7) is 3.89. The van der Waals surface area contributed by atoms with Crippen molar-refractivity contribution < 1.29 is 13.9 Å². The average molecular weight is 334 g/mol. The van der Waals surface area contributed by atoms with Crippen molar-refractivity contribution in [1.29, 1.82) is 0 Å². The predicted octanol–water partition coefficient (Wildman–Crippen LogP) is 1.47. The Labute approximate surface area is 141 Å². The van der Waals surface area contributed by atoms with E-state index in [9.17, 15) is 9.18 Å². The Morgan fingerprint density at radius 1 is 1.21 bits per heavy atom. The first-order valence-corrected chi connectivity index (χ1v) is 8.83. The molecule has 0 aliphatic carbocycles. The zero-order valence-corrected chi connectivity index (χ0v) is 13.7. The summed E-state index contributed by atoms with van der Waals surface area (Å²) in [6, 6.07) is 0. The van der Waals surface area contributed by atoms with Crippen LogP contribution in [0.25, 0.3) is 0 Å². The quantitative estimate of drug-likeness (QED) is 0.820. The molecule has 6 nitrogen and oxygen atoms in total. The number of rotatable bonds is 2. The summed E-state index contributed by atoms with van der Waals surface area (Å²) in [7, 11) is 0. The zero-order valence-electron chi connectivity index (χ0n) is 13.7. The normalized spacial score (nSPS) is 30.3. The lowest BCUT2D eigenvalue weighted by molar-refractivity contribution is -0.145. The molecule has 0 unspecified atom stereocenters. The summed E-state index contributed by atoms with van der Waals surface area (Å²) in [5.74, 6) is 0.658. The van der Waals surface area contributed by atoms with Crippen LogP contribution in [0, 0.1) is 17.7 Å². The van der Waals surface area contributed by atoms with Crippen LogP contribution in [0.4, 0.5) is 10.3 Å². The van der Waals surface area contributed by atoms with E-state index in [0.29, 0.717) is 18.5 Å². The highest BCUT2D eigenvalue weighted by atomic mass is 19.1. The minimum absolute atomic E-state index is 0.0292. The molecule has 1 amide bonds. The highest BCUT2D eigenvalue weighted by Gasteiger charge is 2.40. The van der Waals surface area contributed by atoms with Crippen molar-refractivity contribution >= 4 is 11.9 Å². The van der Waals surface area contributed by atoms with Crippen molar-refractivity contribution in [3.8, 4) is 0 Å². The third-order valence-electron chi connectivity index (χ3n) is 5.42. The van der Waals surface area contributed by atoms with Gasteiger partial charge in [-0.3, -0.25) is 4.79 Å². The summed E-state index contributed by atoms with van der Waals surface area (Å²) in [5, 5.41) is 0. The number of hydrogen-bond donors (Lipinski definition) is 0. The number of likely N-dealkylation sites (tertiary alicyclic amines) is 1. The number of anilines is 1. The second kappa shape index (κ2) is 6.63. The largest absolute Gasteiger partial charge is 0.377 e. The number of halogens is 1. The first kappa shape index (κ1) is 15.7. The molecule has 4 rings (SSSR count). The number of carbonyl (C=O) groups excluding carboxylic acids is 1. The van der Waals surface area contributed by atoms with Crippen LogP contribution in [0.1, 0.15) is 25.7 Å². The molecule has 3 fully saturated rings. The SMILES string of the molecule is O=C([C@@H]1CO[C@@H]2CCN(c3ncc(F)cn3)C[C@@H]2C1)N1CCCC1. The summed E-state index contributed by atoms with van der Waals surface area (Å²) in [4.78, 5) is 24.9. The molecule has 1 aromatic rings. The van der Waals surface area contributed by atoms with Crippen LogP contribution in [-0.2, 0) is 9.53 Å². The third kappa shape index (κ3) is 3.09.